The first-order valence-corrected chi connectivity index (χ1v) is 4.61. The van der Waals surface area contributed by atoms with Crippen LogP contribution < -0.4 is 11.1 Å². The van der Waals surface area contributed by atoms with E-state index in [0.717, 1.165) is 6.42 Å². The smallest absolute Gasteiger partial charge is 0.237 e. The van der Waals surface area contributed by atoms with E-state index in [1.165, 1.54) is 0 Å². The molecule has 0 fully saturated rings. The number of hydrogen-bond donors (Lipinski definition) is 2. The molecule has 1 amide bonds. The Morgan fingerprint density at radius 2 is 2.07 bits per heavy atom. The number of hydrogen-bond acceptors (Lipinski definition) is 3. The molecule has 0 aliphatic heterocycles. The number of methoxy groups -OCH3 is 1. The summed E-state index contributed by atoms with van der Waals surface area (Å²) in [6.07, 6.45) is 0.826. The maximum absolute atomic E-state index is 11.3. The van der Waals surface area contributed by atoms with Crippen molar-refractivity contribution in [2.75, 3.05) is 20.3 Å². The number of ether oxygens (including phenoxy) is 1. The van der Waals surface area contributed by atoms with Gasteiger partial charge in [-0.2, -0.15) is 0 Å². The predicted octanol–water partition coefficient (Wildman–Crippen LogP) is 0.544. The minimum atomic E-state index is -0.400. The minimum Gasteiger partial charge on any atom is -0.385 e. The lowest BCUT2D eigenvalue weighted by molar-refractivity contribution is -0.123. The van der Waals surface area contributed by atoms with Crippen LogP contribution >= 0.6 is 12.4 Å². The lowest BCUT2D eigenvalue weighted by Gasteiger charge is -2.14. The van der Waals surface area contributed by atoms with Gasteiger partial charge in [0.2, 0.25) is 5.91 Å². The van der Waals surface area contributed by atoms with Gasteiger partial charge in [0.1, 0.15) is 0 Å². The molecule has 0 bridgehead atoms. The summed E-state index contributed by atoms with van der Waals surface area (Å²) in [5.41, 5.74) is 5.63. The summed E-state index contributed by atoms with van der Waals surface area (Å²) in [5.74, 6) is 0.105. The number of rotatable bonds is 6. The van der Waals surface area contributed by atoms with Crippen LogP contribution in [0.2, 0.25) is 0 Å². The van der Waals surface area contributed by atoms with Crippen molar-refractivity contribution in [2.24, 2.45) is 11.7 Å². The molecule has 4 nitrogen and oxygen atoms in total. The van der Waals surface area contributed by atoms with Crippen LogP contribution in [0.1, 0.15) is 20.3 Å². The Morgan fingerprint density at radius 3 is 2.50 bits per heavy atom. The molecule has 14 heavy (non-hydrogen) atoms. The molecule has 0 spiro atoms. The zero-order chi connectivity index (χ0) is 10.3. The van der Waals surface area contributed by atoms with Gasteiger partial charge in [-0.1, -0.05) is 13.8 Å². The topological polar surface area (TPSA) is 64.3 Å². The summed E-state index contributed by atoms with van der Waals surface area (Å²) in [5, 5.41) is 2.75. The third-order valence-corrected chi connectivity index (χ3v) is 1.85. The highest BCUT2D eigenvalue weighted by molar-refractivity contribution is 5.85. The van der Waals surface area contributed by atoms with Crippen molar-refractivity contribution in [1.82, 2.24) is 5.32 Å². The summed E-state index contributed by atoms with van der Waals surface area (Å²) in [6.45, 7) is 5.16. The molecule has 0 aromatic heterocycles. The summed E-state index contributed by atoms with van der Waals surface area (Å²) in [7, 11) is 1.64. The zero-order valence-corrected chi connectivity index (χ0v) is 9.89. The third-order valence-electron chi connectivity index (χ3n) is 1.85. The summed E-state index contributed by atoms with van der Waals surface area (Å²) in [4.78, 5) is 11.3. The molecule has 3 N–H and O–H groups in total. The van der Waals surface area contributed by atoms with Crippen LogP contribution in [0.5, 0.6) is 0 Å². The predicted molar refractivity (Wildman–Crippen MR) is 59.6 cm³/mol. The van der Waals surface area contributed by atoms with Crippen LogP contribution in [0.15, 0.2) is 0 Å². The van der Waals surface area contributed by atoms with Crippen LogP contribution in [-0.2, 0) is 9.53 Å². The number of carbonyl (C=O) groups excluding carboxylic acids is 1. The molecule has 0 rings (SSSR count). The van der Waals surface area contributed by atoms with Gasteiger partial charge in [-0.15, -0.1) is 12.4 Å². The summed E-state index contributed by atoms with van der Waals surface area (Å²) < 4.78 is 4.85. The lowest BCUT2D eigenvalue weighted by atomic mass is 10.1. The van der Waals surface area contributed by atoms with E-state index in [9.17, 15) is 4.79 Å². The first-order valence-electron chi connectivity index (χ1n) is 4.61. The molecule has 1 atom stereocenters. The van der Waals surface area contributed by atoms with Gasteiger partial charge in [0.25, 0.3) is 0 Å². The van der Waals surface area contributed by atoms with Crippen LogP contribution in [0.3, 0.4) is 0 Å². The van der Waals surface area contributed by atoms with Gasteiger partial charge in [0, 0.05) is 20.3 Å². The van der Waals surface area contributed by atoms with Crippen LogP contribution in [0.4, 0.5) is 0 Å². The van der Waals surface area contributed by atoms with Crippen molar-refractivity contribution in [2.45, 2.75) is 26.3 Å². The Kier molecular flexibility index (Phi) is 10.6. The maximum atomic E-state index is 11.3. The second-order valence-corrected chi connectivity index (χ2v) is 3.41. The number of amides is 1. The van der Waals surface area contributed by atoms with E-state index in [2.05, 4.69) is 5.32 Å². The van der Waals surface area contributed by atoms with E-state index < -0.39 is 6.04 Å². The fourth-order valence-electron chi connectivity index (χ4n) is 0.849. The maximum Gasteiger partial charge on any atom is 0.237 e. The Hall–Kier alpha value is -0.320. The van der Waals surface area contributed by atoms with Crippen molar-refractivity contribution in [1.29, 1.82) is 0 Å². The van der Waals surface area contributed by atoms with Gasteiger partial charge in [0.15, 0.2) is 0 Å². The summed E-state index contributed by atoms with van der Waals surface area (Å²) >= 11 is 0. The Morgan fingerprint density at radius 1 is 1.50 bits per heavy atom. The SMILES string of the molecule is COCCCNC(=O)C(N)C(C)C.Cl. The normalized spacial score (nSPS) is 12.1. The molecule has 1 unspecified atom stereocenters. The van der Waals surface area contributed by atoms with E-state index in [1.54, 1.807) is 7.11 Å². The largest absolute Gasteiger partial charge is 0.385 e. The average Bonchev–Trinajstić information content (AvgIpc) is 2.10. The van der Waals surface area contributed by atoms with Crippen LogP contribution in [0, 0.1) is 5.92 Å². The first-order chi connectivity index (χ1) is 6.09. The monoisotopic (exact) mass is 224 g/mol. The molecule has 0 aliphatic rings. The Labute approximate surface area is 92.0 Å². The zero-order valence-electron chi connectivity index (χ0n) is 9.08. The second kappa shape index (κ2) is 9.24. The van der Waals surface area contributed by atoms with E-state index in [-0.39, 0.29) is 24.2 Å². The molecule has 5 heteroatoms. The molecule has 0 radical (unpaired) electrons. The number of halogens is 1. The van der Waals surface area contributed by atoms with Crippen molar-refractivity contribution in [3.05, 3.63) is 0 Å². The van der Waals surface area contributed by atoms with Crippen LogP contribution in [0.25, 0.3) is 0 Å². The van der Waals surface area contributed by atoms with Crippen molar-refractivity contribution in [3.8, 4) is 0 Å². The van der Waals surface area contributed by atoms with Crippen LogP contribution in [-0.4, -0.2) is 32.2 Å². The molecule has 0 aromatic rings. The molecular formula is C9H21ClN2O2. The minimum absolute atomic E-state index is 0. The Balaban J connectivity index is 0. The average molecular weight is 225 g/mol. The van der Waals surface area contributed by atoms with Crippen molar-refractivity contribution < 1.29 is 9.53 Å². The van der Waals surface area contributed by atoms with E-state index >= 15 is 0 Å². The van der Waals surface area contributed by atoms with E-state index in [0.29, 0.717) is 13.2 Å². The standard InChI is InChI=1S/C9H20N2O2.ClH/c1-7(2)8(10)9(12)11-5-4-6-13-3;/h7-8H,4-6,10H2,1-3H3,(H,11,12);1H. The molecule has 0 saturated heterocycles. The van der Waals surface area contributed by atoms with Gasteiger partial charge in [-0.05, 0) is 12.3 Å². The number of carbonyl (C=O) groups is 1. The molecule has 0 saturated carbocycles. The molecule has 0 aliphatic carbocycles. The van der Waals surface area contributed by atoms with Gasteiger partial charge < -0.3 is 15.8 Å². The van der Waals surface area contributed by atoms with Gasteiger partial charge in [-0.25, -0.2) is 0 Å². The molecular weight excluding hydrogens is 204 g/mol. The number of nitrogens with one attached hydrogen (secondary N) is 1. The van der Waals surface area contributed by atoms with E-state index in [1.807, 2.05) is 13.8 Å². The first kappa shape index (κ1) is 16.1. The highest BCUT2D eigenvalue weighted by Crippen LogP contribution is 1.97. The highest BCUT2D eigenvalue weighted by atomic mass is 35.5. The fourth-order valence-corrected chi connectivity index (χ4v) is 0.849. The second-order valence-electron chi connectivity index (χ2n) is 3.41. The lowest BCUT2D eigenvalue weighted by Crippen LogP contribution is -2.44. The quantitative estimate of drug-likeness (QED) is 0.648. The third kappa shape index (κ3) is 7.12. The molecule has 86 valence electrons. The van der Waals surface area contributed by atoms with Crippen molar-refractivity contribution in [3.63, 3.8) is 0 Å². The molecule has 0 aromatic carbocycles. The Bertz CT molecular complexity index is 154. The molecule has 0 heterocycles. The number of nitrogens with two attached hydrogens (primary N) is 1. The van der Waals surface area contributed by atoms with E-state index in [4.69, 9.17) is 10.5 Å². The van der Waals surface area contributed by atoms with Gasteiger partial charge in [0.05, 0.1) is 6.04 Å². The van der Waals surface area contributed by atoms with Gasteiger partial charge in [-0.3, -0.25) is 4.79 Å². The fraction of sp³-hybridized carbons (Fsp3) is 0.889. The summed E-state index contributed by atoms with van der Waals surface area (Å²) in [6, 6.07) is -0.400. The van der Waals surface area contributed by atoms with Crippen molar-refractivity contribution >= 4 is 18.3 Å². The van der Waals surface area contributed by atoms with Gasteiger partial charge >= 0.3 is 0 Å². The highest BCUT2D eigenvalue weighted by Gasteiger charge is 2.15.